The van der Waals surface area contributed by atoms with Crippen LogP contribution in [0.4, 0.5) is 15.8 Å². The fourth-order valence-electron chi connectivity index (χ4n) is 3.63. The summed E-state index contributed by atoms with van der Waals surface area (Å²) in [5.41, 5.74) is 6.47. The summed E-state index contributed by atoms with van der Waals surface area (Å²) in [6.07, 6.45) is 2.37. The first-order chi connectivity index (χ1) is 13.9. The van der Waals surface area contributed by atoms with Crippen LogP contribution in [0.5, 0.6) is 0 Å². The average Bonchev–Trinajstić information content (AvgIpc) is 3.48. The maximum atomic E-state index is 14.7. The molecule has 1 aliphatic carbocycles. The highest BCUT2D eigenvalue weighted by molar-refractivity contribution is 5.97. The SMILES string of the molecule is CC(C)CN(CC1CC1)[C@H](CN)C(=O)Nc1ccc(N2CCOCC2=O)cc1F. The molecule has 1 aliphatic heterocycles. The van der Waals surface area contributed by atoms with Gasteiger partial charge in [0.15, 0.2) is 0 Å². The normalized spacial score (nSPS) is 18.4. The maximum absolute atomic E-state index is 14.7. The second kappa shape index (κ2) is 9.65. The molecule has 1 saturated carbocycles. The minimum Gasteiger partial charge on any atom is -0.370 e. The van der Waals surface area contributed by atoms with Crippen molar-refractivity contribution in [2.45, 2.75) is 32.7 Å². The third-order valence-corrected chi connectivity index (χ3v) is 5.26. The fourth-order valence-corrected chi connectivity index (χ4v) is 3.63. The van der Waals surface area contributed by atoms with Crippen molar-refractivity contribution >= 4 is 23.2 Å². The number of nitrogens with two attached hydrogens (primary N) is 1. The van der Waals surface area contributed by atoms with Crippen LogP contribution in [-0.2, 0) is 14.3 Å². The van der Waals surface area contributed by atoms with Crippen molar-refractivity contribution in [3.63, 3.8) is 0 Å². The molecule has 29 heavy (non-hydrogen) atoms. The van der Waals surface area contributed by atoms with Crippen molar-refractivity contribution in [3.05, 3.63) is 24.0 Å². The highest BCUT2D eigenvalue weighted by atomic mass is 19.1. The van der Waals surface area contributed by atoms with E-state index in [4.69, 9.17) is 10.5 Å². The minimum absolute atomic E-state index is 0.00896. The van der Waals surface area contributed by atoms with E-state index in [9.17, 15) is 14.0 Å². The van der Waals surface area contributed by atoms with E-state index in [2.05, 4.69) is 24.1 Å². The van der Waals surface area contributed by atoms with Crippen molar-refractivity contribution in [3.8, 4) is 0 Å². The molecule has 0 aromatic heterocycles. The third-order valence-electron chi connectivity index (χ3n) is 5.26. The number of ether oxygens (including phenoxy) is 1. The molecule has 2 amide bonds. The zero-order valence-corrected chi connectivity index (χ0v) is 17.2. The number of amides is 2. The summed E-state index contributed by atoms with van der Waals surface area (Å²) in [4.78, 5) is 28.4. The van der Waals surface area contributed by atoms with Gasteiger partial charge in [0.1, 0.15) is 18.5 Å². The number of nitrogens with zero attached hydrogens (tertiary/aromatic N) is 2. The number of morpholine rings is 1. The molecule has 1 saturated heterocycles. The predicted molar refractivity (Wildman–Crippen MR) is 110 cm³/mol. The largest absolute Gasteiger partial charge is 0.370 e. The van der Waals surface area contributed by atoms with Crippen LogP contribution >= 0.6 is 0 Å². The minimum atomic E-state index is -0.580. The Morgan fingerprint density at radius 2 is 2.17 bits per heavy atom. The van der Waals surface area contributed by atoms with Gasteiger partial charge < -0.3 is 20.7 Å². The maximum Gasteiger partial charge on any atom is 0.253 e. The monoisotopic (exact) mass is 406 g/mol. The van der Waals surface area contributed by atoms with Gasteiger partial charge >= 0.3 is 0 Å². The molecular weight excluding hydrogens is 375 g/mol. The first-order valence-corrected chi connectivity index (χ1v) is 10.3. The van der Waals surface area contributed by atoms with E-state index in [1.54, 1.807) is 6.07 Å². The zero-order chi connectivity index (χ0) is 21.0. The van der Waals surface area contributed by atoms with Gasteiger partial charge in [0.05, 0.1) is 12.3 Å². The number of hydrogen-bond donors (Lipinski definition) is 2. The van der Waals surface area contributed by atoms with E-state index in [1.807, 2.05) is 0 Å². The Kier molecular flexibility index (Phi) is 7.21. The molecule has 1 atom stereocenters. The standard InChI is InChI=1S/C21H31FN4O3/c1-14(2)11-25(12-15-3-4-15)19(10-23)21(28)24-18-6-5-16(9-17(18)22)26-7-8-29-13-20(26)27/h5-6,9,14-15,19H,3-4,7-8,10-13,23H2,1-2H3,(H,24,28)/t19-/m1/s1. The molecule has 0 unspecified atom stereocenters. The van der Waals surface area contributed by atoms with Crippen LogP contribution in [0.25, 0.3) is 0 Å². The highest BCUT2D eigenvalue weighted by Crippen LogP contribution is 2.31. The molecule has 2 fully saturated rings. The van der Waals surface area contributed by atoms with Crippen molar-refractivity contribution in [1.29, 1.82) is 0 Å². The lowest BCUT2D eigenvalue weighted by molar-refractivity contribution is -0.125. The molecule has 3 N–H and O–H groups in total. The van der Waals surface area contributed by atoms with Crippen LogP contribution in [0, 0.1) is 17.7 Å². The first kappa shape index (κ1) is 21.7. The fraction of sp³-hybridized carbons (Fsp3) is 0.619. The molecule has 160 valence electrons. The quantitative estimate of drug-likeness (QED) is 0.653. The number of nitrogens with one attached hydrogen (secondary N) is 1. The van der Waals surface area contributed by atoms with Crippen LogP contribution < -0.4 is 16.0 Å². The second-order valence-electron chi connectivity index (χ2n) is 8.29. The topological polar surface area (TPSA) is 87.9 Å². The van der Waals surface area contributed by atoms with Crippen molar-refractivity contribution < 1.29 is 18.7 Å². The summed E-state index contributed by atoms with van der Waals surface area (Å²) in [5, 5.41) is 2.69. The highest BCUT2D eigenvalue weighted by Gasteiger charge is 2.31. The number of anilines is 2. The third kappa shape index (κ3) is 5.74. The summed E-state index contributed by atoms with van der Waals surface area (Å²) in [5.74, 6) is -0.0678. The van der Waals surface area contributed by atoms with Gasteiger partial charge in [-0.1, -0.05) is 13.8 Å². The molecule has 1 aromatic carbocycles. The summed E-state index contributed by atoms with van der Waals surface area (Å²) in [6.45, 7) is 6.78. The van der Waals surface area contributed by atoms with Gasteiger partial charge in [0, 0.05) is 31.9 Å². The molecule has 1 heterocycles. The number of carbonyl (C=O) groups excluding carboxylic acids is 2. The summed E-state index contributed by atoms with van der Waals surface area (Å²) in [6, 6.07) is 3.90. The van der Waals surface area contributed by atoms with Crippen LogP contribution in [0.3, 0.4) is 0 Å². The lowest BCUT2D eigenvalue weighted by atomic mass is 10.1. The van der Waals surface area contributed by atoms with Crippen molar-refractivity contribution in [2.75, 3.05) is 49.6 Å². The summed E-state index contributed by atoms with van der Waals surface area (Å²) in [7, 11) is 0. The molecule has 0 bridgehead atoms. The van der Waals surface area contributed by atoms with Gasteiger partial charge in [0.2, 0.25) is 5.91 Å². The van der Waals surface area contributed by atoms with Crippen LogP contribution in [-0.4, -0.2) is 62.1 Å². The Morgan fingerprint density at radius 1 is 1.41 bits per heavy atom. The summed E-state index contributed by atoms with van der Waals surface area (Å²) >= 11 is 0. The van der Waals surface area contributed by atoms with Crippen LogP contribution in [0.15, 0.2) is 18.2 Å². The number of benzene rings is 1. The van der Waals surface area contributed by atoms with Gasteiger partial charge in [-0.15, -0.1) is 0 Å². The Labute approximate surface area is 171 Å². The molecule has 0 radical (unpaired) electrons. The Morgan fingerprint density at radius 3 is 2.76 bits per heavy atom. The molecule has 8 heteroatoms. The Hall–Kier alpha value is -2.03. The zero-order valence-electron chi connectivity index (χ0n) is 17.2. The molecule has 3 rings (SSSR count). The van der Waals surface area contributed by atoms with E-state index in [0.717, 1.165) is 13.1 Å². The summed E-state index contributed by atoms with van der Waals surface area (Å²) < 4.78 is 19.8. The Balaban J connectivity index is 1.69. The Bertz CT molecular complexity index is 735. The van der Waals surface area contributed by atoms with Crippen LogP contribution in [0.1, 0.15) is 26.7 Å². The van der Waals surface area contributed by atoms with E-state index in [1.165, 1.54) is 29.9 Å². The molecule has 1 aromatic rings. The molecular formula is C21H31FN4O3. The van der Waals surface area contributed by atoms with E-state index >= 15 is 0 Å². The molecule has 7 nitrogen and oxygen atoms in total. The number of halogens is 1. The second-order valence-corrected chi connectivity index (χ2v) is 8.29. The first-order valence-electron chi connectivity index (χ1n) is 10.3. The number of hydrogen-bond acceptors (Lipinski definition) is 5. The van der Waals surface area contributed by atoms with Crippen molar-refractivity contribution in [2.24, 2.45) is 17.6 Å². The van der Waals surface area contributed by atoms with Gasteiger partial charge in [-0.25, -0.2) is 4.39 Å². The average molecular weight is 407 g/mol. The van der Waals surface area contributed by atoms with Gasteiger partial charge in [-0.3, -0.25) is 14.5 Å². The lowest BCUT2D eigenvalue weighted by Crippen LogP contribution is -2.50. The van der Waals surface area contributed by atoms with Crippen molar-refractivity contribution in [1.82, 2.24) is 4.90 Å². The predicted octanol–water partition coefficient (Wildman–Crippen LogP) is 1.82. The van der Waals surface area contributed by atoms with Gasteiger partial charge in [-0.2, -0.15) is 0 Å². The molecule has 2 aliphatic rings. The van der Waals surface area contributed by atoms with E-state index in [0.29, 0.717) is 30.7 Å². The van der Waals surface area contributed by atoms with E-state index in [-0.39, 0.29) is 30.7 Å². The number of carbonyl (C=O) groups is 2. The lowest BCUT2D eigenvalue weighted by Gasteiger charge is -2.31. The number of rotatable bonds is 9. The van der Waals surface area contributed by atoms with Crippen LogP contribution in [0.2, 0.25) is 0 Å². The smallest absolute Gasteiger partial charge is 0.253 e. The van der Waals surface area contributed by atoms with E-state index < -0.39 is 11.9 Å². The molecule has 0 spiro atoms. The van der Waals surface area contributed by atoms with Gasteiger partial charge in [-0.05, 0) is 42.9 Å². The van der Waals surface area contributed by atoms with Gasteiger partial charge in [0.25, 0.3) is 5.91 Å².